The van der Waals surface area contributed by atoms with E-state index >= 15 is 0 Å². The van der Waals surface area contributed by atoms with Crippen molar-refractivity contribution in [2.75, 3.05) is 12.8 Å². The van der Waals surface area contributed by atoms with Gasteiger partial charge in [-0.05, 0) is 40.8 Å². The van der Waals surface area contributed by atoms with Gasteiger partial charge in [-0.25, -0.2) is 4.57 Å². The molecule has 0 bridgehead atoms. The van der Waals surface area contributed by atoms with Crippen molar-refractivity contribution in [3.05, 3.63) is 126 Å². The van der Waals surface area contributed by atoms with Gasteiger partial charge in [-0.15, -0.1) is 0 Å². The average molecular weight is 573 g/mol. The molecule has 0 aromatic heterocycles. The number of para-hydroxylation sites is 1. The van der Waals surface area contributed by atoms with Crippen molar-refractivity contribution in [2.24, 2.45) is 0 Å². The molecule has 2 atom stereocenters. The molecule has 0 spiro atoms. The summed E-state index contributed by atoms with van der Waals surface area (Å²) in [7, 11) is -4.11. The Morgan fingerprint density at radius 3 is 2.00 bits per heavy atom. The Balaban J connectivity index is 1.36. The van der Waals surface area contributed by atoms with Gasteiger partial charge in [-0.2, -0.15) is 0 Å². The van der Waals surface area contributed by atoms with Crippen molar-refractivity contribution in [1.29, 1.82) is 0 Å². The van der Waals surface area contributed by atoms with E-state index in [1.165, 1.54) is 0 Å². The van der Waals surface area contributed by atoms with Gasteiger partial charge in [0.15, 0.2) is 0 Å². The fourth-order valence-electron chi connectivity index (χ4n) is 4.08. The molecule has 4 rings (SSSR count). The third-order valence-electron chi connectivity index (χ3n) is 6.22. The lowest BCUT2D eigenvalue weighted by molar-refractivity contribution is -0.144. The van der Waals surface area contributed by atoms with Crippen molar-refractivity contribution in [2.45, 2.75) is 25.5 Å². The van der Waals surface area contributed by atoms with Crippen LogP contribution in [0.4, 0.5) is 0 Å². The van der Waals surface area contributed by atoms with Gasteiger partial charge in [0.1, 0.15) is 18.6 Å². The summed E-state index contributed by atoms with van der Waals surface area (Å²) in [5, 5.41) is 5.63. The van der Waals surface area contributed by atoms with Crippen molar-refractivity contribution in [3.63, 3.8) is 0 Å². The number of amides is 1. The van der Waals surface area contributed by atoms with Crippen LogP contribution in [-0.4, -0.2) is 35.6 Å². The van der Waals surface area contributed by atoms with E-state index in [4.69, 9.17) is 9.26 Å². The fraction of sp³-hybridized carbons (Fsp3) is 0.188. The minimum absolute atomic E-state index is 0.00726. The lowest BCUT2D eigenvalue weighted by atomic mass is 10.0. The first-order chi connectivity index (χ1) is 19.9. The number of benzene rings is 4. The average Bonchev–Trinajstić information content (AvgIpc) is 2.99. The largest absolute Gasteiger partial charge is 0.461 e. The lowest BCUT2D eigenvalue weighted by Crippen LogP contribution is -2.46. The highest BCUT2D eigenvalue weighted by atomic mass is 31.2. The van der Waals surface area contributed by atoms with E-state index < -0.39 is 31.8 Å². The first kappa shape index (κ1) is 29.7. The van der Waals surface area contributed by atoms with E-state index in [0.29, 0.717) is 0 Å². The third kappa shape index (κ3) is 10.0. The van der Waals surface area contributed by atoms with Crippen LogP contribution < -0.4 is 15.2 Å². The van der Waals surface area contributed by atoms with Crippen LogP contribution >= 0.6 is 7.60 Å². The number of esters is 1. The molecule has 0 fully saturated rings. The van der Waals surface area contributed by atoms with Gasteiger partial charge in [-0.1, -0.05) is 103 Å². The first-order valence-electron chi connectivity index (χ1n) is 13.3. The lowest BCUT2D eigenvalue weighted by Gasteiger charge is -2.21. The monoisotopic (exact) mass is 572 g/mol. The van der Waals surface area contributed by atoms with Crippen LogP contribution in [0.15, 0.2) is 115 Å². The summed E-state index contributed by atoms with van der Waals surface area (Å²) in [5.41, 5.74) is 3.84. The third-order valence-corrected chi connectivity index (χ3v) is 7.30. The number of rotatable bonds is 14. The molecule has 41 heavy (non-hydrogen) atoms. The molecule has 0 aliphatic carbocycles. The minimum Gasteiger partial charge on any atom is -0.461 e. The molecular formula is C32H33N2O6P. The molecular weight excluding hydrogens is 539 g/mol. The normalized spacial score (nSPS) is 13.0. The Hall–Kier alpha value is -4.23. The quantitative estimate of drug-likeness (QED) is 0.138. The van der Waals surface area contributed by atoms with Gasteiger partial charge < -0.3 is 19.5 Å². The molecule has 0 aliphatic heterocycles. The Bertz CT molecular complexity index is 1430. The van der Waals surface area contributed by atoms with Crippen LogP contribution in [0.3, 0.4) is 0 Å². The maximum atomic E-state index is 13.1. The molecule has 4 aromatic rings. The number of hydrogen-bond donors (Lipinski definition) is 3. The molecule has 8 nitrogen and oxygen atoms in total. The molecule has 0 heterocycles. The number of hydrogen-bond acceptors (Lipinski definition) is 6. The van der Waals surface area contributed by atoms with E-state index in [1.807, 2.05) is 84.9 Å². The van der Waals surface area contributed by atoms with Gasteiger partial charge >= 0.3 is 13.6 Å². The number of carbonyl (C=O) groups is 2. The maximum absolute atomic E-state index is 13.1. The number of carbonyl (C=O) groups excluding carboxylic acids is 2. The molecule has 9 heteroatoms. The van der Waals surface area contributed by atoms with Crippen molar-refractivity contribution >= 4 is 19.5 Å². The highest BCUT2D eigenvalue weighted by Crippen LogP contribution is 2.41. The fourth-order valence-corrected chi connectivity index (χ4v) is 5.05. The second kappa shape index (κ2) is 15.0. The molecule has 0 radical (unpaired) electrons. The van der Waals surface area contributed by atoms with Gasteiger partial charge in [0.05, 0.1) is 12.5 Å². The standard InChI is InChI=1S/C32H33N2O6P/c35-31(39-23-26-10-4-1-5-11-26)20-21-33-32(36)30(34-24-41(37,38)40-29-14-8-3-9-15-29)22-25-16-18-28(19-17-25)27-12-6-2-7-13-27/h1-19,30,34H,20-24H2,(H,33,36)(H,37,38)/t30-/m0/s1. The van der Waals surface area contributed by atoms with Crippen LogP contribution in [-0.2, 0) is 31.9 Å². The van der Waals surface area contributed by atoms with Gasteiger partial charge in [-0.3, -0.25) is 14.9 Å². The summed E-state index contributed by atoms with van der Waals surface area (Å²) >= 11 is 0. The highest BCUT2D eigenvalue weighted by molar-refractivity contribution is 7.53. The maximum Gasteiger partial charge on any atom is 0.390 e. The van der Waals surface area contributed by atoms with Crippen molar-refractivity contribution in [3.8, 4) is 16.9 Å². The molecule has 4 aromatic carbocycles. The van der Waals surface area contributed by atoms with Crippen molar-refractivity contribution < 1.29 is 28.3 Å². The molecule has 1 amide bonds. The second-order valence-corrected chi connectivity index (χ2v) is 11.2. The van der Waals surface area contributed by atoms with E-state index in [9.17, 15) is 19.0 Å². The van der Waals surface area contributed by atoms with Crippen LogP contribution in [0.1, 0.15) is 17.5 Å². The highest BCUT2D eigenvalue weighted by Gasteiger charge is 2.26. The van der Waals surface area contributed by atoms with Crippen LogP contribution in [0.5, 0.6) is 5.75 Å². The van der Waals surface area contributed by atoms with Gasteiger partial charge in [0.2, 0.25) is 5.91 Å². The van der Waals surface area contributed by atoms with E-state index in [0.717, 1.165) is 22.3 Å². The molecule has 0 saturated carbocycles. The zero-order valence-corrected chi connectivity index (χ0v) is 23.4. The molecule has 0 aliphatic rings. The Morgan fingerprint density at radius 2 is 1.34 bits per heavy atom. The van der Waals surface area contributed by atoms with Gasteiger partial charge in [0.25, 0.3) is 0 Å². The molecule has 1 unspecified atom stereocenters. The molecule has 212 valence electrons. The van der Waals surface area contributed by atoms with Crippen LogP contribution in [0.2, 0.25) is 0 Å². The smallest absolute Gasteiger partial charge is 0.390 e. The summed E-state index contributed by atoms with van der Waals surface area (Å²) in [5.74, 6) is -0.592. The predicted molar refractivity (Wildman–Crippen MR) is 158 cm³/mol. The topological polar surface area (TPSA) is 114 Å². The summed E-state index contributed by atoms with van der Waals surface area (Å²) in [6.07, 6.45) is -0.196. The van der Waals surface area contributed by atoms with E-state index in [-0.39, 0.29) is 31.7 Å². The minimum atomic E-state index is -4.11. The van der Waals surface area contributed by atoms with E-state index in [1.54, 1.807) is 30.3 Å². The summed E-state index contributed by atoms with van der Waals surface area (Å²) in [6.45, 7) is 0.221. The predicted octanol–water partition coefficient (Wildman–Crippen LogP) is 5.33. The summed E-state index contributed by atoms with van der Waals surface area (Å²) in [4.78, 5) is 35.7. The zero-order chi connectivity index (χ0) is 28.9. The Labute approximate surface area is 239 Å². The number of ether oxygens (including phenoxy) is 1. The Morgan fingerprint density at radius 1 is 0.756 bits per heavy atom. The van der Waals surface area contributed by atoms with Crippen molar-refractivity contribution in [1.82, 2.24) is 10.6 Å². The van der Waals surface area contributed by atoms with Crippen LogP contribution in [0, 0.1) is 0 Å². The second-order valence-electron chi connectivity index (χ2n) is 9.41. The summed E-state index contributed by atoms with van der Waals surface area (Å²) in [6, 6.07) is 34.5. The summed E-state index contributed by atoms with van der Waals surface area (Å²) < 4.78 is 23.3. The van der Waals surface area contributed by atoms with E-state index in [2.05, 4.69) is 10.6 Å². The van der Waals surface area contributed by atoms with Crippen LogP contribution in [0.25, 0.3) is 11.1 Å². The molecule has 3 N–H and O–H groups in total. The van der Waals surface area contributed by atoms with Gasteiger partial charge in [0, 0.05) is 6.54 Å². The first-order valence-corrected chi connectivity index (χ1v) is 15.1. The Kier molecular flexibility index (Phi) is 10.9. The number of nitrogens with one attached hydrogen (secondary N) is 2. The molecule has 0 saturated heterocycles. The zero-order valence-electron chi connectivity index (χ0n) is 22.5. The SMILES string of the molecule is O=C(CCNC(=O)[C@H](Cc1ccc(-c2ccccc2)cc1)NCP(=O)(O)Oc1ccccc1)OCc1ccccc1.